The van der Waals surface area contributed by atoms with Crippen molar-refractivity contribution in [2.75, 3.05) is 6.54 Å². The summed E-state index contributed by atoms with van der Waals surface area (Å²) in [5.74, 6) is 0.272. The van der Waals surface area contributed by atoms with Gasteiger partial charge in [0, 0.05) is 25.3 Å². The van der Waals surface area contributed by atoms with Crippen LogP contribution in [0.15, 0.2) is 4.99 Å². The van der Waals surface area contributed by atoms with Gasteiger partial charge >= 0.3 is 7.12 Å². The zero-order valence-electron chi connectivity index (χ0n) is 21.5. The summed E-state index contributed by atoms with van der Waals surface area (Å²) >= 11 is 0. The number of nitrogens with one attached hydrogen (secondary N) is 2. The van der Waals surface area contributed by atoms with E-state index in [1.807, 2.05) is 13.8 Å². The van der Waals surface area contributed by atoms with Crippen molar-refractivity contribution in [1.82, 2.24) is 10.7 Å². The van der Waals surface area contributed by atoms with Gasteiger partial charge in [-0.25, -0.2) is 15.1 Å². The van der Waals surface area contributed by atoms with Gasteiger partial charge in [-0.3, -0.25) is 9.59 Å². The normalized spacial score (nSPS) is 28.6. The third-order valence-electron chi connectivity index (χ3n) is 8.19. The molecule has 0 saturated heterocycles. The zero-order valence-corrected chi connectivity index (χ0v) is 21.5. The van der Waals surface area contributed by atoms with Crippen molar-refractivity contribution in [2.45, 2.75) is 90.4 Å². The van der Waals surface area contributed by atoms with Gasteiger partial charge in [-0.05, 0) is 86.9 Å². The Hall–Kier alpha value is -2.21. The van der Waals surface area contributed by atoms with Gasteiger partial charge in [0.05, 0.1) is 5.94 Å². The Morgan fingerprint density at radius 1 is 1.17 bits per heavy atom. The van der Waals surface area contributed by atoms with E-state index in [0.29, 0.717) is 25.7 Å². The van der Waals surface area contributed by atoms with Gasteiger partial charge in [-0.1, -0.05) is 19.3 Å². The molecular formula is C24H42BN5O6. The minimum atomic E-state index is -1.70. The Morgan fingerprint density at radius 2 is 1.75 bits per heavy atom. The highest BCUT2D eigenvalue weighted by molar-refractivity contribution is 6.43. The number of nitrogens with two attached hydrogens (primary N) is 1. The van der Waals surface area contributed by atoms with Crippen LogP contribution in [0.2, 0.25) is 0 Å². The van der Waals surface area contributed by atoms with Gasteiger partial charge < -0.3 is 21.1 Å². The summed E-state index contributed by atoms with van der Waals surface area (Å²) in [5, 5.41) is 31.9. The minimum Gasteiger partial charge on any atom is -0.426 e. The molecule has 202 valence electrons. The Bertz CT molecular complexity index is 801. The number of rotatable bonds is 14. The predicted octanol–water partition coefficient (Wildman–Crippen LogP) is 1.59. The largest absolute Gasteiger partial charge is 0.475 e. The van der Waals surface area contributed by atoms with Gasteiger partial charge in [0.1, 0.15) is 5.78 Å². The molecule has 0 spiro atoms. The summed E-state index contributed by atoms with van der Waals surface area (Å²) in [6.45, 7) is 4.02. The van der Waals surface area contributed by atoms with Crippen molar-refractivity contribution >= 4 is 24.8 Å². The molecule has 0 aromatic heterocycles. The lowest BCUT2D eigenvalue weighted by molar-refractivity contribution is -0.525. The lowest BCUT2D eigenvalue weighted by Gasteiger charge is -2.56. The number of ketones is 1. The molecular weight excluding hydrogens is 465 g/mol. The van der Waals surface area contributed by atoms with Gasteiger partial charge in [0.2, 0.25) is 5.91 Å². The van der Waals surface area contributed by atoms with E-state index >= 15 is 0 Å². The molecule has 0 aliphatic heterocycles. The van der Waals surface area contributed by atoms with Crippen molar-refractivity contribution in [1.29, 1.82) is 0 Å². The monoisotopic (exact) mass is 507 g/mol. The fraction of sp³-hybridized carbons (Fsp3) is 0.875. The molecule has 0 heterocycles. The molecule has 0 radical (unpaired) electrons. The summed E-state index contributed by atoms with van der Waals surface area (Å²) in [4.78, 5) is 40.8. The number of hydrogen-bond acceptors (Lipinski definition) is 7. The van der Waals surface area contributed by atoms with Crippen LogP contribution in [-0.2, 0) is 9.59 Å². The standard InChI is InChI=1S/C24H42BN5O6/c1-15(2)6-21(25(33)34)28-22(32)19(4-3-5-27-23(26)29-30(35)36)10-20(31)14-24-11-16-7-17(12-24)9-18(8-16)13-24/h15-19,21,33-34H,3-14H2,1-2H3,(H,28,32)(H3,26,27,29)/t16?,17?,18?,19-,21+,24?/m1/s1. The van der Waals surface area contributed by atoms with Crippen molar-refractivity contribution < 1.29 is 24.7 Å². The van der Waals surface area contributed by atoms with Gasteiger partial charge in [0.25, 0.3) is 5.96 Å². The molecule has 4 aliphatic carbocycles. The molecule has 36 heavy (non-hydrogen) atoms. The smallest absolute Gasteiger partial charge is 0.426 e. The molecule has 0 unspecified atom stereocenters. The highest BCUT2D eigenvalue weighted by Crippen LogP contribution is 2.61. The first-order valence-electron chi connectivity index (χ1n) is 13.3. The molecule has 0 aromatic rings. The van der Waals surface area contributed by atoms with Crippen LogP contribution >= 0.6 is 0 Å². The second kappa shape index (κ2) is 12.4. The maximum absolute atomic E-state index is 13.3. The molecule has 6 N–H and O–H groups in total. The third kappa shape index (κ3) is 8.16. The molecule has 4 rings (SSSR count). The minimum absolute atomic E-state index is 0.0834. The maximum atomic E-state index is 13.3. The Morgan fingerprint density at radius 3 is 2.25 bits per heavy atom. The van der Waals surface area contributed by atoms with E-state index in [4.69, 9.17) is 5.73 Å². The van der Waals surface area contributed by atoms with E-state index in [-0.39, 0.29) is 41.9 Å². The van der Waals surface area contributed by atoms with E-state index in [9.17, 15) is 29.8 Å². The predicted molar refractivity (Wildman–Crippen MR) is 136 cm³/mol. The molecule has 0 aromatic carbocycles. The molecule has 4 fully saturated rings. The maximum Gasteiger partial charge on any atom is 0.475 e. The fourth-order valence-electron chi connectivity index (χ4n) is 7.33. The second-order valence-electron chi connectivity index (χ2n) is 12.0. The van der Waals surface area contributed by atoms with E-state index in [1.165, 1.54) is 19.3 Å². The number of carbonyl (C=O) groups excluding carboxylic acids is 2. The van der Waals surface area contributed by atoms with Gasteiger partial charge in [-0.2, -0.15) is 0 Å². The van der Waals surface area contributed by atoms with E-state index < -0.39 is 24.0 Å². The highest BCUT2D eigenvalue weighted by atomic mass is 16.7. The molecule has 12 heteroatoms. The van der Waals surface area contributed by atoms with Crippen molar-refractivity contribution in [3.8, 4) is 0 Å². The van der Waals surface area contributed by atoms with Crippen molar-refractivity contribution in [3.05, 3.63) is 10.1 Å². The van der Waals surface area contributed by atoms with E-state index in [2.05, 4.69) is 10.3 Å². The molecule has 11 nitrogen and oxygen atoms in total. The average molecular weight is 507 g/mol. The number of Topliss-reactive ketones (excluding diaryl/α,β-unsaturated/α-hetero) is 1. The number of amides is 1. The number of hydrogen-bond donors (Lipinski definition) is 5. The molecule has 1 amide bonds. The SMILES string of the molecule is CC(C)C[C@H](NC(=O)[C@H](CCCN=C(N)N[N+](=O)[O-])CC(=O)CC12CC3CC(CC(C3)C1)C2)B(O)O. The number of nitro groups is 1. The number of guanidine groups is 1. The van der Waals surface area contributed by atoms with Gasteiger partial charge in [0.15, 0.2) is 5.03 Å². The fourth-order valence-corrected chi connectivity index (χ4v) is 7.33. The van der Waals surface area contributed by atoms with Crippen molar-refractivity contribution in [3.63, 3.8) is 0 Å². The second-order valence-corrected chi connectivity index (χ2v) is 12.0. The van der Waals surface area contributed by atoms with Crippen LogP contribution in [0.25, 0.3) is 0 Å². The summed E-state index contributed by atoms with van der Waals surface area (Å²) in [6.07, 6.45) is 8.99. The Kier molecular flexibility index (Phi) is 9.74. The van der Waals surface area contributed by atoms with E-state index in [1.54, 1.807) is 5.43 Å². The number of carbonyl (C=O) groups is 2. The Labute approximate surface area is 213 Å². The van der Waals surface area contributed by atoms with Gasteiger partial charge in [-0.15, -0.1) is 0 Å². The summed E-state index contributed by atoms with van der Waals surface area (Å²) in [6, 6.07) is 0. The van der Waals surface area contributed by atoms with Crippen molar-refractivity contribution in [2.24, 2.45) is 45.7 Å². The first kappa shape index (κ1) is 28.4. The molecule has 4 aliphatic rings. The quantitative estimate of drug-likeness (QED) is 0.0587. The first-order valence-corrected chi connectivity index (χ1v) is 13.3. The summed E-state index contributed by atoms with van der Waals surface area (Å²) in [7, 11) is -1.70. The Balaban J connectivity index is 1.62. The average Bonchev–Trinajstić information content (AvgIpc) is 2.73. The highest BCUT2D eigenvalue weighted by Gasteiger charge is 2.51. The zero-order chi connectivity index (χ0) is 26.5. The van der Waals surface area contributed by atoms with Crippen LogP contribution in [-0.4, -0.2) is 52.3 Å². The topological polar surface area (TPSA) is 180 Å². The van der Waals surface area contributed by atoms with Crippen LogP contribution in [0.4, 0.5) is 0 Å². The third-order valence-corrected chi connectivity index (χ3v) is 8.19. The van der Waals surface area contributed by atoms with Crippen LogP contribution in [0, 0.1) is 45.1 Å². The van der Waals surface area contributed by atoms with E-state index in [0.717, 1.165) is 37.0 Å². The lowest BCUT2D eigenvalue weighted by atomic mass is 9.48. The van der Waals surface area contributed by atoms with Crippen LogP contribution in [0.5, 0.6) is 0 Å². The molecule has 2 atom stereocenters. The molecule has 4 saturated carbocycles. The first-order chi connectivity index (χ1) is 16.9. The number of nitrogens with zero attached hydrogens (tertiary/aromatic N) is 2. The lowest BCUT2D eigenvalue weighted by Crippen LogP contribution is -2.49. The number of hydrazine groups is 1. The summed E-state index contributed by atoms with van der Waals surface area (Å²) in [5.41, 5.74) is 7.31. The molecule has 4 bridgehead atoms. The van der Waals surface area contributed by atoms with Crippen LogP contribution < -0.4 is 16.5 Å². The van der Waals surface area contributed by atoms with Crippen LogP contribution in [0.1, 0.15) is 84.5 Å². The van der Waals surface area contributed by atoms with Crippen LogP contribution in [0.3, 0.4) is 0 Å². The summed E-state index contributed by atoms with van der Waals surface area (Å²) < 4.78 is 0. The number of aliphatic imine (C=N–C) groups is 1.